The highest BCUT2D eigenvalue weighted by Gasteiger charge is 2.19. The average molecular weight is 267 g/mol. The lowest BCUT2D eigenvalue weighted by molar-refractivity contribution is 0.334. The molecular weight excluding hydrogens is 246 g/mol. The van der Waals surface area contributed by atoms with Crippen molar-refractivity contribution in [3.05, 3.63) is 20.8 Å². The van der Waals surface area contributed by atoms with Crippen LogP contribution >= 0.6 is 0 Å². The number of nitrogens with two attached hydrogens (primary N) is 1. The summed E-state index contributed by atoms with van der Waals surface area (Å²) in [5, 5.41) is 7.02. The van der Waals surface area contributed by atoms with Gasteiger partial charge in [0.15, 0.2) is 0 Å². The molecule has 7 heteroatoms. The Morgan fingerprint density at radius 2 is 2.11 bits per heavy atom. The summed E-state index contributed by atoms with van der Waals surface area (Å²) in [6, 6.07) is 0.261. The number of anilines is 1. The second kappa shape index (κ2) is 5.56. The number of nitrogens with zero attached hydrogens (tertiary/aromatic N) is 3. The molecule has 0 bridgehead atoms. The molecule has 2 unspecified atom stereocenters. The molecule has 0 saturated heterocycles. The van der Waals surface area contributed by atoms with Crippen LogP contribution in [0.4, 0.5) is 5.82 Å². The summed E-state index contributed by atoms with van der Waals surface area (Å²) >= 11 is 0. The predicted octanol–water partition coefficient (Wildman–Crippen LogP) is -0.592. The Hall–Kier alpha value is -1.63. The molecule has 0 aliphatic heterocycles. The Labute approximate surface area is 111 Å². The third kappa shape index (κ3) is 3.04. The smallest absolute Gasteiger partial charge is 0.346 e. The summed E-state index contributed by atoms with van der Waals surface area (Å²) in [5.41, 5.74) is 5.13. The molecule has 0 spiro atoms. The lowest BCUT2D eigenvalue weighted by Gasteiger charge is -2.26. The van der Waals surface area contributed by atoms with Crippen molar-refractivity contribution in [3.63, 3.8) is 0 Å². The number of hydrogen-bond donors (Lipinski definition) is 2. The van der Waals surface area contributed by atoms with Gasteiger partial charge in [-0.15, -0.1) is 5.10 Å². The second-order valence-corrected chi connectivity index (χ2v) is 5.29. The van der Waals surface area contributed by atoms with Crippen molar-refractivity contribution in [3.8, 4) is 0 Å². The summed E-state index contributed by atoms with van der Waals surface area (Å²) in [4.78, 5) is 23.4. The van der Waals surface area contributed by atoms with Gasteiger partial charge in [-0.1, -0.05) is 6.42 Å². The monoisotopic (exact) mass is 267 g/mol. The van der Waals surface area contributed by atoms with Gasteiger partial charge in [-0.3, -0.25) is 9.36 Å². The van der Waals surface area contributed by atoms with Crippen LogP contribution in [-0.4, -0.2) is 26.9 Å². The maximum atomic E-state index is 11.9. The number of aromatic nitrogens is 3. The van der Waals surface area contributed by atoms with Gasteiger partial charge in [0.25, 0.3) is 5.56 Å². The Morgan fingerprint density at radius 1 is 1.37 bits per heavy atom. The minimum absolute atomic E-state index is 0.226. The lowest BCUT2D eigenvalue weighted by Crippen LogP contribution is -2.40. The molecule has 1 aromatic rings. The van der Waals surface area contributed by atoms with Crippen LogP contribution in [0, 0.1) is 5.92 Å². The van der Waals surface area contributed by atoms with Crippen molar-refractivity contribution in [2.24, 2.45) is 25.7 Å². The fourth-order valence-corrected chi connectivity index (χ4v) is 2.57. The predicted molar refractivity (Wildman–Crippen MR) is 73.1 cm³/mol. The zero-order valence-corrected chi connectivity index (χ0v) is 11.4. The fraction of sp³-hybridized carbons (Fsp3) is 0.750. The maximum Gasteiger partial charge on any atom is 0.346 e. The van der Waals surface area contributed by atoms with Crippen LogP contribution < -0.4 is 22.3 Å². The number of nitrogens with one attached hydrogen (secondary N) is 1. The van der Waals surface area contributed by atoms with Gasteiger partial charge in [-0.25, -0.2) is 9.48 Å². The SMILES string of the molecule is Cn1nc(NCC2CCCC(N)C2)c(=O)n(C)c1=O. The van der Waals surface area contributed by atoms with Crippen LogP contribution in [0.3, 0.4) is 0 Å². The molecule has 7 nitrogen and oxygen atoms in total. The molecule has 1 aliphatic carbocycles. The summed E-state index contributed by atoms with van der Waals surface area (Å²) in [7, 11) is 2.98. The molecule has 0 aromatic carbocycles. The number of hydrogen-bond acceptors (Lipinski definition) is 5. The van der Waals surface area contributed by atoms with Gasteiger partial charge < -0.3 is 11.1 Å². The van der Waals surface area contributed by atoms with E-state index in [0.717, 1.165) is 34.9 Å². The molecule has 106 valence electrons. The van der Waals surface area contributed by atoms with E-state index in [1.165, 1.54) is 14.1 Å². The normalized spacial score (nSPS) is 23.3. The first-order valence-electron chi connectivity index (χ1n) is 6.63. The summed E-state index contributed by atoms with van der Waals surface area (Å²) in [5.74, 6) is 0.691. The molecule has 1 heterocycles. The van der Waals surface area contributed by atoms with E-state index in [1.807, 2.05) is 0 Å². The molecule has 1 fully saturated rings. The van der Waals surface area contributed by atoms with Crippen molar-refractivity contribution >= 4 is 5.82 Å². The molecule has 0 amide bonds. The van der Waals surface area contributed by atoms with E-state index < -0.39 is 5.69 Å². The molecule has 0 radical (unpaired) electrons. The molecule has 19 heavy (non-hydrogen) atoms. The molecule has 1 saturated carbocycles. The highest BCUT2D eigenvalue weighted by atomic mass is 16.2. The van der Waals surface area contributed by atoms with Gasteiger partial charge in [-0.2, -0.15) is 0 Å². The minimum Gasteiger partial charge on any atom is -0.364 e. The molecular formula is C12H21N5O2. The zero-order valence-electron chi connectivity index (χ0n) is 11.4. The maximum absolute atomic E-state index is 11.9. The minimum atomic E-state index is -0.421. The number of rotatable bonds is 3. The van der Waals surface area contributed by atoms with Crippen molar-refractivity contribution in [1.29, 1.82) is 0 Å². The number of aryl methyl sites for hydroxylation is 1. The topological polar surface area (TPSA) is 94.9 Å². The van der Waals surface area contributed by atoms with Crippen LogP contribution in [0.2, 0.25) is 0 Å². The van der Waals surface area contributed by atoms with E-state index in [2.05, 4.69) is 10.4 Å². The molecule has 1 aliphatic rings. The van der Waals surface area contributed by atoms with E-state index in [1.54, 1.807) is 0 Å². The highest BCUT2D eigenvalue weighted by molar-refractivity contribution is 5.29. The molecule has 1 aromatic heterocycles. The van der Waals surface area contributed by atoms with Crippen molar-refractivity contribution in [1.82, 2.24) is 14.3 Å². The summed E-state index contributed by atoms with van der Waals surface area (Å²) in [6.07, 6.45) is 4.30. The first-order chi connectivity index (χ1) is 8.99. The standard InChI is InChI=1S/C12H21N5O2/c1-16-11(18)10(15-17(2)12(16)19)14-7-8-4-3-5-9(13)6-8/h8-9H,3-7,13H2,1-2H3,(H,14,15). The first-order valence-corrected chi connectivity index (χ1v) is 6.63. The second-order valence-electron chi connectivity index (χ2n) is 5.29. The first kappa shape index (κ1) is 13.8. The fourth-order valence-electron chi connectivity index (χ4n) is 2.57. The average Bonchev–Trinajstić information content (AvgIpc) is 2.39. The van der Waals surface area contributed by atoms with Crippen molar-refractivity contribution in [2.45, 2.75) is 31.7 Å². The van der Waals surface area contributed by atoms with Crippen molar-refractivity contribution in [2.75, 3.05) is 11.9 Å². The molecule has 3 N–H and O–H groups in total. The zero-order chi connectivity index (χ0) is 14.0. The van der Waals surface area contributed by atoms with Crippen LogP contribution in [0.1, 0.15) is 25.7 Å². The van der Waals surface area contributed by atoms with Crippen LogP contribution in [-0.2, 0) is 14.1 Å². The van der Waals surface area contributed by atoms with E-state index in [4.69, 9.17) is 5.73 Å². The van der Waals surface area contributed by atoms with E-state index in [0.29, 0.717) is 12.5 Å². The Morgan fingerprint density at radius 3 is 2.79 bits per heavy atom. The summed E-state index contributed by atoms with van der Waals surface area (Å²) in [6.45, 7) is 0.675. The third-order valence-corrected chi connectivity index (χ3v) is 3.70. The van der Waals surface area contributed by atoms with Gasteiger partial charge in [0.1, 0.15) is 0 Å². The largest absolute Gasteiger partial charge is 0.364 e. The van der Waals surface area contributed by atoms with E-state index in [9.17, 15) is 9.59 Å². The Kier molecular flexibility index (Phi) is 4.04. The Bertz CT molecular complexity index is 562. The summed E-state index contributed by atoms with van der Waals surface area (Å²) < 4.78 is 2.22. The molecule has 2 rings (SSSR count). The van der Waals surface area contributed by atoms with Crippen LogP contribution in [0.5, 0.6) is 0 Å². The lowest BCUT2D eigenvalue weighted by atomic mass is 9.86. The van der Waals surface area contributed by atoms with E-state index in [-0.39, 0.29) is 17.4 Å². The molecule has 2 atom stereocenters. The van der Waals surface area contributed by atoms with Gasteiger partial charge >= 0.3 is 5.69 Å². The quantitative estimate of drug-likeness (QED) is 0.763. The van der Waals surface area contributed by atoms with Crippen LogP contribution in [0.25, 0.3) is 0 Å². The van der Waals surface area contributed by atoms with Gasteiger partial charge in [0.2, 0.25) is 5.82 Å². The van der Waals surface area contributed by atoms with Gasteiger partial charge in [-0.05, 0) is 25.2 Å². The van der Waals surface area contributed by atoms with Gasteiger partial charge in [0.05, 0.1) is 0 Å². The highest BCUT2D eigenvalue weighted by Crippen LogP contribution is 2.22. The van der Waals surface area contributed by atoms with Crippen molar-refractivity contribution < 1.29 is 0 Å². The third-order valence-electron chi connectivity index (χ3n) is 3.70. The van der Waals surface area contributed by atoms with Crippen LogP contribution in [0.15, 0.2) is 9.59 Å². The van der Waals surface area contributed by atoms with E-state index >= 15 is 0 Å². The van der Waals surface area contributed by atoms with Gasteiger partial charge in [0, 0.05) is 26.7 Å². The Balaban J connectivity index is 2.08.